The molecule has 1 unspecified atom stereocenters. The van der Waals surface area contributed by atoms with Gasteiger partial charge in [-0.05, 0) is 18.6 Å². The molecule has 0 spiro atoms. The van der Waals surface area contributed by atoms with Crippen molar-refractivity contribution in [1.82, 2.24) is 4.98 Å². The Morgan fingerprint density at radius 1 is 1.16 bits per heavy atom. The average molecular weight is 345 g/mol. The van der Waals surface area contributed by atoms with Crippen molar-refractivity contribution in [2.75, 3.05) is 21.3 Å². The van der Waals surface area contributed by atoms with E-state index in [-0.39, 0.29) is 0 Å². The van der Waals surface area contributed by atoms with Crippen molar-refractivity contribution < 1.29 is 23.7 Å². The monoisotopic (exact) mass is 345 g/mol. The molecule has 1 aromatic carbocycles. The summed E-state index contributed by atoms with van der Waals surface area (Å²) in [6.45, 7) is 3.38. The molecule has 0 saturated carbocycles. The molecule has 6 heteroatoms. The quantitative estimate of drug-likeness (QED) is 0.717. The molecule has 134 valence electrons. The molecule has 0 aliphatic carbocycles. The van der Waals surface area contributed by atoms with Crippen LogP contribution in [0.1, 0.15) is 36.6 Å². The number of rotatable bonds is 7. The molecule has 25 heavy (non-hydrogen) atoms. The van der Waals surface area contributed by atoms with Gasteiger partial charge in [0.15, 0.2) is 17.6 Å². The van der Waals surface area contributed by atoms with Gasteiger partial charge in [-0.3, -0.25) is 9.78 Å². The fourth-order valence-electron chi connectivity index (χ4n) is 2.78. The van der Waals surface area contributed by atoms with Crippen molar-refractivity contribution in [3.63, 3.8) is 0 Å². The normalized spacial score (nSPS) is 11.6. The summed E-state index contributed by atoms with van der Waals surface area (Å²) < 4.78 is 22.3. The predicted octanol–water partition coefficient (Wildman–Crippen LogP) is 3.32. The van der Waals surface area contributed by atoms with Gasteiger partial charge >= 0.3 is 5.97 Å². The Morgan fingerprint density at radius 3 is 2.36 bits per heavy atom. The molecule has 0 fully saturated rings. The third-order valence-electron chi connectivity index (χ3n) is 3.86. The maximum Gasteiger partial charge on any atom is 0.303 e. The van der Waals surface area contributed by atoms with Gasteiger partial charge in [0.05, 0.1) is 26.9 Å². The fraction of sp³-hybridized carbons (Fsp3) is 0.368. The van der Waals surface area contributed by atoms with Gasteiger partial charge in [0.1, 0.15) is 5.75 Å². The smallest absolute Gasteiger partial charge is 0.303 e. The molecule has 1 atom stereocenters. The minimum atomic E-state index is -0.726. The number of hydrogen-bond donors (Lipinski definition) is 0. The van der Waals surface area contributed by atoms with Gasteiger partial charge in [-0.15, -0.1) is 0 Å². The molecule has 6 nitrogen and oxygen atoms in total. The van der Waals surface area contributed by atoms with Crippen LogP contribution < -0.4 is 14.2 Å². The predicted molar refractivity (Wildman–Crippen MR) is 93.3 cm³/mol. The Labute approximate surface area is 147 Å². The van der Waals surface area contributed by atoms with Gasteiger partial charge in [-0.2, -0.15) is 0 Å². The molecule has 0 radical (unpaired) electrons. The zero-order chi connectivity index (χ0) is 18.4. The number of carbonyl (C=O) groups is 1. The van der Waals surface area contributed by atoms with Gasteiger partial charge in [0.25, 0.3) is 0 Å². The van der Waals surface area contributed by atoms with E-state index < -0.39 is 12.1 Å². The highest BCUT2D eigenvalue weighted by molar-refractivity contribution is 5.68. The maximum absolute atomic E-state index is 11.7. The lowest BCUT2D eigenvalue weighted by molar-refractivity contribution is -0.144. The highest BCUT2D eigenvalue weighted by Gasteiger charge is 2.30. The molecule has 1 heterocycles. The van der Waals surface area contributed by atoms with E-state index in [9.17, 15) is 4.79 Å². The topological polar surface area (TPSA) is 66.9 Å². The number of ether oxygens (including phenoxy) is 4. The summed E-state index contributed by atoms with van der Waals surface area (Å²) in [5.41, 5.74) is 2.23. The highest BCUT2D eigenvalue weighted by atomic mass is 16.5. The van der Waals surface area contributed by atoms with Crippen LogP contribution in [0.3, 0.4) is 0 Å². The molecule has 2 rings (SSSR count). The van der Waals surface area contributed by atoms with Crippen molar-refractivity contribution in [3.8, 4) is 17.2 Å². The van der Waals surface area contributed by atoms with E-state index in [1.54, 1.807) is 39.8 Å². The van der Waals surface area contributed by atoms with Gasteiger partial charge in [-0.25, -0.2) is 0 Å². The number of nitrogens with zero attached hydrogens (tertiary/aromatic N) is 1. The molecule has 0 aliphatic heterocycles. The lowest BCUT2D eigenvalue weighted by atomic mass is 9.97. The number of methoxy groups -OCH3 is 3. The molecule has 0 N–H and O–H groups in total. The second kappa shape index (κ2) is 8.37. The first kappa shape index (κ1) is 18.6. The van der Waals surface area contributed by atoms with Crippen molar-refractivity contribution in [2.24, 2.45) is 0 Å². The molecule has 0 saturated heterocycles. The first-order chi connectivity index (χ1) is 12.1. The van der Waals surface area contributed by atoms with E-state index >= 15 is 0 Å². The zero-order valence-corrected chi connectivity index (χ0v) is 15.2. The Balaban J connectivity index is 2.77. The number of carbonyl (C=O) groups excluding carboxylic acids is 1. The Morgan fingerprint density at radius 2 is 1.88 bits per heavy atom. The first-order valence-corrected chi connectivity index (χ1v) is 7.96. The van der Waals surface area contributed by atoms with Crippen LogP contribution in [0, 0.1) is 0 Å². The van der Waals surface area contributed by atoms with Crippen molar-refractivity contribution in [2.45, 2.75) is 26.4 Å². The number of aromatic nitrogens is 1. The third kappa shape index (κ3) is 3.84. The molecule has 0 aliphatic rings. The molecule has 2 aromatic rings. The second-order valence-corrected chi connectivity index (χ2v) is 5.35. The van der Waals surface area contributed by atoms with E-state index in [4.69, 9.17) is 18.9 Å². The van der Waals surface area contributed by atoms with Crippen LogP contribution in [0.5, 0.6) is 17.2 Å². The number of hydrogen-bond acceptors (Lipinski definition) is 6. The summed E-state index contributed by atoms with van der Waals surface area (Å²) in [4.78, 5) is 15.8. The van der Waals surface area contributed by atoms with Gasteiger partial charge in [-0.1, -0.05) is 13.0 Å². The summed E-state index contributed by atoms with van der Waals surface area (Å²) in [6.07, 6.45) is 3.31. The average Bonchev–Trinajstić information content (AvgIpc) is 2.64. The Hall–Kier alpha value is -2.76. The largest absolute Gasteiger partial charge is 0.496 e. The lowest BCUT2D eigenvalue weighted by Gasteiger charge is -2.25. The molecule has 1 aromatic heterocycles. The van der Waals surface area contributed by atoms with Crippen LogP contribution in [0.25, 0.3) is 0 Å². The maximum atomic E-state index is 11.7. The Kier molecular flexibility index (Phi) is 6.22. The number of benzene rings is 1. The van der Waals surface area contributed by atoms with Crippen LogP contribution >= 0.6 is 0 Å². The molecule has 0 amide bonds. The van der Waals surface area contributed by atoms with E-state index in [0.29, 0.717) is 28.4 Å². The van der Waals surface area contributed by atoms with Crippen molar-refractivity contribution in [1.29, 1.82) is 0 Å². The number of aryl methyl sites for hydroxylation is 1. The molecular formula is C19H23NO5. The zero-order valence-electron chi connectivity index (χ0n) is 15.2. The SMILES string of the molecule is CCc1cc(OC)c(C(OC(C)=O)c2cccnc2)c(OC)c1OC. The van der Waals surface area contributed by atoms with E-state index in [2.05, 4.69) is 4.98 Å². The summed E-state index contributed by atoms with van der Waals surface area (Å²) in [6, 6.07) is 5.49. The van der Waals surface area contributed by atoms with Gasteiger partial charge in [0.2, 0.25) is 0 Å². The van der Waals surface area contributed by atoms with E-state index in [1.807, 2.05) is 19.1 Å². The van der Waals surface area contributed by atoms with Crippen LogP contribution in [-0.4, -0.2) is 32.3 Å². The second-order valence-electron chi connectivity index (χ2n) is 5.35. The minimum Gasteiger partial charge on any atom is -0.496 e. The van der Waals surface area contributed by atoms with Crippen LogP contribution in [0.2, 0.25) is 0 Å². The number of pyridine rings is 1. The summed E-state index contributed by atoms with van der Waals surface area (Å²) >= 11 is 0. The standard InChI is InChI=1S/C19H23NO5/c1-6-13-10-15(22-3)16(19(24-5)18(13)23-4)17(25-12(2)21)14-8-7-9-20-11-14/h7-11,17H,6H2,1-5H3. The van der Waals surface area contributed by atoms with Crippen LogP contribution in [-0.2, 0) is 16.0 Å². The van der Waals surface area contributed by atoms with Crippen LogP contribution in [0.4, 0.5) is 0 Å². The van der Waals surface area contributed by atoms with Crippen molar-refractivity contribution in [3.05, 3.63) is 47.3 Å². The number of esters is 1. The van der Waals surface area contributed by atoms with Crippen LogP contribution in [0.15, 0.2) is 30.6 Å². The van der Waals surface area contributed by atoms with E-state index in [1.165, 1.54) is 6.92 Å². The van der Waals surface area contributed by atoms with Gasteiger partial charge in [0, 0.05) is 30.4 Å². The van der Waals surface area contributed by atoms with Crippen molar-refractivity contribution >= 4 is 5.97 Å². The third-order valence-corrected chi connectivity index (χ3v) is 3.86. The van der Waals surface area contributed by atoms with E-state index in [0.717, 1.165) is 12.0 Å². The lowest BCUT2D eigenvalue weighted by Crippen LogP contribution is -2.14. The summed E-state index contributed by atoms with van der Waals surface area (Å²) in [5.74, 6) is 1.22. The molecule has 0 bridgehead atoms. The summed E-state index contributed by atoms with van der Waals surface area (Å²) in [7, 11) is 4.70. The van der Waals surface area contributed by atoms with Gasteiger partial charge < -0.3 is 18.9 Å². The molecular weight excluding hydrogens is 322 g/mol. The minimum absolute atomic E-state index is 0.420. The highest BCUT2D eigenvalue weighted by Crippen LogP contribution is 2.46. The fourth-order valence-corrected chi connectivity index (χ4v) is 2.78. The first-order valence-electron chi connectivity index (χ1n) is 7.96. The summed E-state index contributed by atoms with van der Waals surface area (Å²) in [5, 5.41) is 0. The Bertz CT molecular complexity index is 730.